The Morgan fingerprint density at radius 3 is 2.95 bits per heavy atom. The van der Waals surface area contributed by atoms with Crippen LogP contribution in [0, 0.1) is 0 Å². The molecule has 0 amide bonds. The van der Waals surface area contributed by atoms with Gasteiger partial charge in [0.25, 0.3) is 0 Å². The molecule has 0 heterocycles. The van der Waals surface area contributed by atoms with E-state index in [9.17, 15) is 5.11 Å². The number of rotatable bonds is 4. The molecular weight excluding hydrogens is 401 g/mol. The number of benzene rings is 1. The number of hydrogen-bond donors (Lipinski definition) is 2. The second-order valence-corrected chi connectivity index (χ2v) is 4.31. The molecule has 1 aromatic carbocycles. The molecule has 0 unspecified atom stereocenters. The number of nitrogens with zero attached hydrogens (tertiary/aromatic N) is 2. The molecule has 0 saturated heterocycles. The van der Waals surface area contributed by atoms with Crippen molar-refractivity contribution in [1.29, 1.82) is 0 Å². The summed E-state index contributed by atoms with van der Waals surface area (Å²) in [6.07, 6.45) is 3.10. The van der Waals surface area contributed by atoms with Gasteiger partial charge in [-0.25, -0.2) is 0 Å². The summed E-state index contributed by atoms with van der Waals surface area (Å²) in [5.41, 5.74) is 3.15. The van der Waals surface area contributed by atoms with Gasteiger partial charge in [-0.3, -0.25) is 5.10 Å². The molecule has 0 aliphatic rings. The van der Waals surface area contributed by atoms with Crippen LogP contribution in [0.25, 0.3) is 5.32 Å². The molecule has 1 rings (SSSR count). The Morgan fingerprint density at radius 1 is 1.63 bits per heavy atom. The molecule has 1 aromatic rings. The van der Waals surface area contributed by atoms with Gasteiger partial charge in [0, 0.05) is 21.4 Å². The monoisotopic (exact) mass is 410 g/mol. The van der Waals surface area contributed by atoms with Gasteiger partial charge in [-0.2, -0.15) is 0 Å². The Morgan fingerprint density at radius 2 is 2.32 bits per heavy atom. The summed E-state index contributed by atoms with van der Waals surface area (Å²) >= 11 is 11.8. The summed E-state index contributed by atoms with van der Waals surface area (Å²) in [6.45, 7) is 3.97. The molecule has 0 radical (unpaired) electrons. The molecule has 4 nitrogen and oxygen atoms in total. The number of phenolic OH excluding ortho intramolecular Hbond substituents is 1. The van der Waals surface area contributed by atoms with Crippen molar-refractivity contribution in [1.82, 2.24) is 5.43 Å². The zero-order valence-electron chi connectivity index (χ0n) is 9.61. The maximum atomic E-state index is 9.53. The van der Waals surface area contributed by atoms with Gasteiger partial charge < -0.3 is 15.8 Å². The minimum absolute atomic E-state index is 0.146. The number of phenols is 1. The van der Waals surface area contributed by atoms with Crippen LogP contribution < -0.4 is 5.43 Å². The summed E-state index contributed by atoms with van der Waals surface area (Å²) in [5.74, 6) is 0.146. The molecule has 107 valence electrons. The van der Waals surface area contributed by atoms with Gasteiger partial charge in [0.15, 0.2) is 0 Å². The Labute approximate surface area is 138 Å². The number of nitrogens with one attached hydrogen (secondary N) is 1. The van der Waals surface area contributed by atoms with Crippen LogP contribution in [0.15, 0.2) is 40.4 Å². The zero-order chi connectivity index (χ0) is 14.7. The minimum atomic E-state index is 0.146. The molecule has 0 atom stereocenters. The SMILES string of the molecule is C=CC[N-]C(=S)NN=Cc1cc(Br)ccc1O.[Cl][Cu+]. The van der Waals surface area contributed by atoms with Crippen LogP contribution in [0.2, 0.25) is 0 Å². The van der Waals surface area contributed by atoms with E-state index in [1.54, 1.807) is 24.3 Å². The first-order chi connectivity index (χ1) is 9.13. The van der Waals surface area contributed by atoms with Crippen LogP contribution in [0.4, 0.5) is 0 Å². The second-order valence-electron chi connectivity index (χ2n) is 3.01. The van der Waals surface area contributed by atoms with E-state index >= 15 is 0 Å². The van der Waals surface area contributed by atoms with Crippen LogP contribution in [0.1, 0.15) is 5.56 Å². The number of thiocarbonyl (C=S) groups is 1. The molecule has 2 N–H and O–H groups in total. The van der Waals surface area contributed by atoms with Crippen molar-refractivity contribution >= 4 is 49.6 Å². The Balaban J connectivity index is 0.00000154. The summed E-state index contributed by atoms with van der Waals surface area (Å²) < 4.78 is 0.857. The third kappa shape index (κ3) is 8.23. The molecule has 0 aliphatic carbocycles. The van der Waals surface area contributed by atoms with E-state index in [2.05, 4.69) is 63.6 Å². The Kier molecular flexibility index (Phi) is 10.9. The average molecular weight is 412 g/mol. The summed E-state index contributed by atoms with van der Waals surface area (Å²) in [5, 5.41) is 17.6. The van der Waals surface area contributed by atoms with Crippen molar-refractivity contribution in [2.45, 2.75) is 0 Å². The van der Waals surface area contributed by atoms with E-state index in [4.69, 9.17) is 12.2 Å². The van der Waals surface area contributed by atoms with E-state index in [1.165, 1.54) is 6.21 Å². The molecule has 0 saturated carbocycles. The molecule has 0 spiro atoms. The molecular formula is C11H11BrClCuN3OS. The fourth-order valence-corrected chi connectivity index (χ4v) is 1.47. The molecule has 0 fully saturated rings. The van der Waals surface area contributed by atoms with E-state index in [1.807, 2.05) is 0 Å². The number of hydrazone groups is 1. The third-order valence-corrected chi connectivity index (χ3v) is 2.43. The first-order valence-corrected chi connectivity index (χ1v) is 7.34. The predicted octanol–water partition coefficient (Wildman–Crippen LogP) is 3.61. The van der Waals surface area contributed by atoms with Gasteiger partial charge in [0.1, 0.15) is 5.75 Å². The zero-order valence-corrected chi connectivity index (χ0v) is 13.7. The summed E-state index contributed by atoms with van der Waals surface area (Å²) in [7, 11) is 4.20. The average Bonchev–Trinajstić information content (AvgIpc) is 2.42. The topological polar surface area (TPSA) is 58.7 Å². The van der Waals surface area contributed by atoms with Crippen molar-refractivity contribution in [3.05, 3.63) is 46.2 Å². The van der Waals surface area contributed by atoms with Crippen molar-refractivity contribution in [2.75, 3.05) is 6.54 Å². The quantitative estimate of drug-likeness (QED) is 0.261. The van der Waals surface area contributed by atoms with E-state index in [0.717, 1.165) is 4.47 Å². The standard InChI is InChI=1S/C11H12BrN3OS.ClH.Cu/c1-2-5-13-11(17)15-14-7-8-6-9(12)3-4-10(8)16;;/h2-4,6-7H,1,5H2,(H3,13,14,15,16,17);1H;/q;;+2/p-2. The van der Waals surface area contributed by atoms with Gasteiger partial charge >= 0.3 is 25.2 Å². The molecule has 8 heteroatoms. The molecule has 0 bridgehead atoms. The van der Waals surface area contributed by atoms with Gasteiger partial charge in [-0.1, -0.05) is 34.2 Å². The van der Waals surface area contributed by atoms with Crippen molar-refractivity contribution < 1.29 is 20.2 Å². The van der Waals surface area contributed by atoms with Gasteiger partial charge in [-0.05, 0) is 24.7 Å². The van der Waals surface area contributed by atoms with E-state index < -0.39 is 0 Å². The van der Waals surface area contributed by atoms with E-state index in [-0.39, 0.29) is 10.9 Å². The van der Waals surface area contributed by atoms with Crippen molar-refractivity contribution in [3.63, 3.8) is 0 Å². The maximum absolute atomic E-state index is 9.53. The molecule has 0 aromatic heterocycles. The van der Waals surface area contributed by atoms with Crippen LogP contribution >= 0.6 is 38.2 Å². The van der Waals surface area contributed by atoms with Crippen LogP contribution in [-0.4, -0.2) is 23.0 Å². The van der Waals surface area contributed by atoms with Crippen molar-refractivity contribution in [2.24, 2.45) is 5.10 Å². The first-order valence-electron chi connectivity index (χ1n) is 4.85. The van der Waals surface area contributed by atoms with Crippen molar-refractivity contribution in [3.8, 4) is 5.75 Å². The van der Waals surface area contributed by atoms with Gasteiger partial charge in [0.05, 0.1) is 0 Å². The van der Waals surface area contributed by atoms with Gasteiger partial charge in [-0.15, -0.1) is 6.58 Å². The Hall–Kier alpha value is -0.591. The number of hydrogen-bond acceptors (Lipinski definition) is 3. The molecule has 19 heavy (non-hydrogen) atoms. The number of halogens is 2. The fraction of sp³-hybridized carbons (Fsp3) is 0.0909. The number of aromatic hydroxyl groups is 1. The van der Waals surface area contributed by atoms with Gasteiger partial charge in [0.2, 0.25) is 0 Å². The summed E-state index contributed by atoms with van der Waals surface area (Å²) in [4.78, 5) is 0. The predicted molar refractivity (Wildman–Crippen MR) is 83.4 cm³/mol. The van der Waals surface area contributed by atoms with E-state index in [0.29, 0.717) is 12.1 Å². The fourth-order valence-electron chi connectivity index (χ4n) is 0.969. The normalized spacial score (nSPS) is 9.47. The third-order valence-electron chi connectivity index (χ3n) is 1.72. The van der Waals surface area contributed by atoms with Crippen LogP contribution in [-0.2, 0) is 15.1 Å². The van der Waals surface area contributed by atoms with Crippen LogP contribution in [0.5, 0.6) is 5.75 Å². The van der Waals surface area contributed by atoms with Crippen LogP contribution in [0.3, 0.4) is 0 Å². The second kappa shape index (κ2) is 11.3. The first kappa shape index (κ1) is 18.4. The molecule has 0 aliphatic heterocycles. The Bertz CT molecular complexity index is 460. The summed E-state index contributed by atoms with van der Waals surface area (Å²) in [6, 6.07) is 5.06.